The lowest BCUT2D eigenvalue weighted by atomic mass is 9.93. The molecule has 0 unspecified atom stereocenters. The predicted molar refractivity (Wildman–Crippen MR) is 106 cm³/mol. The van der Waals surface area contributed by atoms with E-state index in [0.29, 0.717) is 19.1 Å². The van der Waals surface area contributed by atoms with E-state index in [4.69, 9.17) is 4.74 Å². The van der Waals surface area contributed by atoms with Gasteiger partial charge in [-0.2, -0.15) is 4.57 Å². The van der Waals surface area contributed by atoms with E-state index in [-0.39, 0.29) is 6.61 Å². The minimum atomic E-state index is 0.141. The highest BCUT2D eigenvalue weighted by atomic mass is 16.5. The van der Waals surface area contributed by atoms with Gasteiger partial charge in [-0.3, -0.25) is 0 Å². The van der Waals surface area contributed by atoms with Crippen molar-refractivity contribution in [3.63, 3.8) is 0 Å². The molecule has 0 aliphatic rings. The van der Waals surface area contributed by atoms with Crippen molar-refractivity contribution in [1.29, 1.82) is 0 Å². The molecule has 0 spiro atoms. The van der Waals surface area contributed by atoms with Gasteiger partial charge in [-0.1, -0.05) is 43.7 Å². The molecule has 3 heteroatoms. The molecule has 1 heterocycles. The van der Waals surface area contributed by atoms with E-state index in [1.165, 1.54) is 27.5 Å². The fraction of sp³-hybridized carbons (Fsp3) is 0.348. The van der Waals surface area contributed by atoms with Crippen molar-refractivity contribution < 1.29 is 14.4 Å². The van der Waals surface area contributed by atoms with Crippen LogP contribution in [0.4, 0.5) is 0 Å². The van der Waals surface area contributed by atoms with Gasteiger partial charge in [0.05, 0.1) is 10.9 Å². The molecular weight excluding hydrogens is 322 g/mol. The van der Waals surface area contributed by atoms with Crippen molar-refractivity contribution in [2.75, 3.05) is 13.7 Å². The summed E-state index contributed by atoms with van der Waals surface area (Å²) in [6.07, 6.45) is 2.73. The standard InChI is InChI=1S/C23H28NO2/c1-16(2)20-8-7-18-9-11-24(15-26-4)23(22(18)14-20)21-13-17(3)5-6-19(21)10-12-25/h5-9,11,13-14,16,25H,10,12,15H2,1-4H3/q+1. The van der Waals surface area contributed by atoms with Crippen LogP contribution in [-0.2, 0) is 17.9 Å². The summed E-state index contributed by atoms with van der Waals surface area (Å²) in [5, 5.41) is 12.0. The maximum absolute atomic E-state index is 9.53. The van der Waals surface area contributed by atoms with Gasteiger partial charge in [0, 0.05) is 19.8 Å². The summed E-state index contributed by atoms with van der Waals surface area (Å²) in [5.41, 5.74) is 6.01. The number of methoxy groups -OCH3 is 1. The van der Waals surface area contributed by atoms with Gasteiger partial charge in [0.2, 0.25) is 5.69 Å². The molecule has 0 amide bonds. The molecule has 0 saturated heterocycles. The Labute approximate surface area is 155 Å². The average Bonchev–Trinajstić information content (AvgIpc) is 2.63. The van der Waals surface area contributed by atoms with Crippen molar-refractivity contribution >= 4 is 10.8 Å². The van der Waals surface area contributed by atoms with E-state index in [2.05, 4.69) is 74.0 Å². The van der Waals surface area contributed by atoms with Crippen LogP contribution in [0.3, 0.4) is 0 Å². The Bertz CT molecular complexity index is 915. The molecule has 0 atom stereocenters. The Morgan fingerprint density at radius 3 is 2.58 bits per heavy atom. The summed E-state index contributed by atoms with van der Waals surface area (Å²) in [6.45, 7) is 7.18. The molecule has 0 aliphatic heterocycles. The summed E-state index contributed by atoms with van der Waals surface area (Å²) < 4.78 is 7.62. The number of aryl methyl sites for hydroxylation is 1. The van der Waals surface area contributed by atoms with Gasteiger partial charge >= 0.3 is 0 Å². The van der Waals surface area contributed by atoms with Gasteiger partial charge < -0.3 is 9.84 Å². The summed E-state index contributed by atoms with van der Waals surface area (Å²) in [5.74, 6) is 0.470. The molecule has 0 aliphatic carbocycles. The molecule has 3 rings (SSSR count). The Balaban J connectivity index is 2.36. The minimum absolute atomic E-state index is 0.141. The molecule has 0 fully saturated rings. The third-order valence-electron chi connectivity index (χ3n) is 4.89. The number of fused-ring (bicyclic) bond motifs is 1. The van der Waals surface area contributed by atoms with Crippen molar-refractivity contribution in [3.05, 3.63) is 65.4 Å². The Morgan fingerprint density at radius 2 is 1.88 bits per heavy atom. The molecular formula is C23H28NO2+. The van der Waals surface area contributed by atoms with E-state index < -0.39 is 0 Å². The van der Waals surface area contributed by atoms with Gasteiger partial charge in [-0.05, 0) is 47.9 Å². The highest BCUT2D eigenvalue weighted by Gasteiger charge is 2.21. The summed E-state index contributed by atoms with van der Waals surface area (Å²) >= 11 is 0. The maximum atomic E-state index is 9.53. The average molecular weight is 350 g/mol. The van der Waals surface area contributed by atoms with E-state index in [0.717, 1.165) is 11.3 Å². The third-order valence-corrected chi connectivity index (χ3v) is 4.89. The highest BCUT2D eigenvalue weighted by Crippen LogP contribution is 2.31. The molecule has 0 saturated carbocycles. The molecule has 3 nitrogen and oxygen atoms in total. The fourth-order valence-corrected chi connectivity index (χ4v) is 3.48. The number of nitrogens with zero attached hydrogens (tertiary/aromatic N) is 1. The summed E-state index contributed by atoms with van der Waals surface area (Å²) in [7, 11) is 1.72. The first-order chi connectivity index (χ1) is 12.5. The molecule has 2 aromatic carbocycles. The van der Waals surface area contributed by atoms with Crippen LogP contribution in [0, 0.1) is 6.92 Å². The Kier molecular flexibility index (Phi) is 5.70. The first-order valence-corrected chi connectivity index (χ1v) is 9.21. The molecule has 26 heavy (non-hydrogen) atoms. The zero-order chi connectivity index (χ0) is 18.7. The molecule has 1 N–H and O–H groups in total. The zero-order valence-corrected chi connectivity index (χ0v) is 16.1. The van der Waals surface area contributed by atoms with Crippen molar-refractivity contribution in [3.8, 4) is 11.3 Å². The second-order valence-corrected chi connectivity index (χ2v) is 7.19. The van der Waals surface area contributed by atoms with Crippen LogP contribution in [0.25, 0.3) is 22.0 Å². The van der Waals surface area contributed by atoms with Crippen LogP contribution in [-0.4, -0.2) is 18.8 Å². The number of rotatable bonds is 6. The normalized spacial score (nSPS) is 11.5. The topological polar surface area (TPSA) is 33.3 Å². The largest absolute Gasteiger partial charge is 0.396 e. The Morgan fingerprint density at radius 1 is 1.08 bits per heavy atom. The number of aliphatic hydroxyl groups excluding tert-OH is 1. The first kappa shape index (κ1) is 18.6. The van der Waals surface area contributed by atoms with Crippen LogP contribution < -0.4 is 4.57 Å². The van der Waals surface area contributed by atoms with Gasteiger partial charge in [-0.15, -0.1) is 0 Å². The van der Waals surface area contributed by atoms with Gasteiger partial charge in [-0.25, -0.2) is 0 Å². The summed E-state index contributed by atoms with van der Waals surface area (Å²) in [4.78, 5) is 0. The lowest BCUT2D eigenvalue weighted by molar-refractivity contribution is -0.720. The number of hydrogen-bond acceptors (Lipinski definition) is 2. The molecule has 3 aromatic rings. The minimum Gasteiger partial charge on any atom is -0.396 e. The number of aromatic nitrogens is 1. The van der Waals surface area contributed by atoms with Crippen molar-refractivity contribution in [2.24, 2.45) is 0 Å². The monoisotopic (exact) mass is 350 g/mol. The fourth-order valence-electron chi connectivity index (χ4n) is 3.48. The second-order valence-electron chi connectivity index (χ2n) is 7.19. The number of aliphatic hydroxyl groups is 1. The van der Waals surface area contributed by atoms with Gasteiger partial charge in [0.1, 0.15) is 0 Å². The molecule has 0 radical (unpaired) electrons. The van der Waals surface area contributed by atoms with Crippen LogP contribution >= 0.6 is 0 Å². The van der Waals surface area contributed by atoms with E-state index in [9.17, 15) is 5.11 Å². The zero-order valence-electron chi connectivity index (χ0n) is 16.1. The number of ether oxygens (including phenoxy) is 1. The lowest BCUT2D eigenvalue weighted by Crippen LogP contribution is -2.37. The summed E-state index contributed by atoms with van der Waals surface area (Å²) in [6, 6.07) is 15.3. The second kappa shape index (κ2) is 7.98. The smallest absolute Gasteiger partial charge is 0.252 e. The number of hydrogen-bond donors (Lipinski definition) is 1. The Hall–Kier alpha value is -2.23. The van der Waals surface area contributed by atoms with E-state index >= 15 is 0 Å². The first-order valence-electron chi connectivity index (χ1n) is 9.21. The van der Waals surface area contributed by atoms with Crippen molar-refractivity contribution in [1.82, 2.24) is 0 Å². The highest BCUT2D eigenvalue weighted by molar-refractivity contribution is 5.94. The third kappa shape index (κ3) is 3.64. The van der Waals surface area contributed by atoms with Crippen LogP contribution in [0.1, 0.15) is 36.5 Å². The molecule has 1 aromatic heterocycles. The molecule has 136 valence electrons. The lowest BCUT2D eigenvalue weighted by Gasteiger charge is -2.14. The van der Waals surface area contributed by atoms with Crippen LogP contribution in [0.15, 0.2) is 48.7 Å². The van der Waals surface area contributed by atoms with E-state index in [1.807, 2.05) is 0 Å². The molecule has 0 bridgehead atoms. The number of pyridine rings is 1. The van der Waals surface area contributed by atoms with Gasteiger partial charge in [0.15, 0.2) is 6.20 Å². The van der Waals surface area contributed by atoms with Gasteiger partial charge in [0.25, 0.3) is 6.73 Å². The number of benzene rings is 2. The van der Waals surface area contributed by atoms with E-state index in [1.54, 1.807) is 7.11 Å². The quantitative estimate of drug-likeness (QED) is 0.670. The van der Waals surface area contributed by atoms with Crippen LogP contribution in [0.2, 0.25) is 0 Å². The van der Waals surface area contributed by atoms with Crippen LogP contribution in [0.5, 0.6) is 0 Å². The van der Waals surface area contributed by atoms with Crippen molar-refractivity contribution in [2.45, 2.75) is 39.8 Å². The maximum Gasteiger partial charge on any atom is 0.252 e. The predicted octanol–water partition coefficient (Wildman–Crippen LogP) is 4.36. The SMILES string of the molecule is COC[n+]1ccc2ccc(C(C)C)cc2c1-c1cc(C)ccc1CCO.